The van der Waals surface area contributed by atoms with E-state index in [1.807, 2.05) is 24.3 Å². The number of carbonyl (C=O) groups excluding carboxylic acids is 1. The first-order valence-electron chi connectivity index (χ1n) is 5.93. The molecule has 3 N–H and O–H groups in total. The summed E-state index contributed by atoms with van der Waals surface area (Å²) in [6, 6.07) is 16.3. The van der Waals surface area contributed by atoms with E-state index in [2.05, 4.69) is 10.5 Å². The van der Waals surface area contributed by atoms with Crippen molar-refractivity contribution in [3.63, 3.8) is 0 Å². The summed E-state index contributed by atoms with van der Waals surface area (Å²) >= 11 is 0. The topological polar surface area (TPSA) is 67.5 Å². The summed E-state index contributed by atoms with van der Waals surface area (Å²) in [6.45, 7) is 1.80. The van der Waals surface area contributed by atoms with Gasteiger partial charge in [-0.1, -0.05) is 36.4 Å². The normalized spacial score (nSPS) is 11.1. The molecule has 0 radical (unpaired) electrons. The summed E-state index contributed by atoms with van der Waals surface area (Å²) in [5.41, 5.74) is 11.1. The molecule has 0 aliphatic heterocycles. The van der Waals surface area contributed by atoms with Gasteiger partial charge in [0.25, 0.3) is 5.91 Å². The standard InChI is InChI=1S/C15H15N3O/c1-11(13-9-5-6-10-14(13)16)17-18-15(19)12-7-3-2-4-8-12/h2-10H,16H2,1H3,(H,18,19). The Balaban J connectivity index is 2.11. The molecule has 2 rings (SSSR count). The van der Waals surface area contributed by atoms with Gasteiger partial charge in [0.15, 0.2) is 0 Å². The Morgan fingerprint density at radius 2 is 1.68 bits per heavy atom. The second-order valence-corrected chi connectivity index (χ2v) is 4.09. The van der Waals surface area contributed by atoms with Crippen molar-refractivity contribution in [2.24, 2.45) is 5.10 Å². The lowest BCUT2D eigenvalue weighted by molar-refractivity contribution is 0.0955. The average molecular weight is 253 g/mol. The number of rotatable bonds is 3. The molecule has 0 unspecified atom stereocenters. The molecule has 0 spiro atoms. The Kier molecular flexibility index (Phi) is 3.93. The van der Waals surface area contributed by atoms with Gasteiger partial charge in [0.05, 0.1) is 5.71 Å². The van der Waals surface area contributed by atoms with Gasteiger partial charge >= 0.3 is 0 Å². The van der Waals surface area contributed by atoms with Gasteiger partial charge in [0, 0.05) is 16.8 Å². The van der Waals surface area contributed by atoms with E-state index in [0.717, 1.165) is 5.56 Å². The van der Waals surface area contributed by atoms with Gasteiger partial charge in [-0.3, -0.25) is 4.79 Å². The molecule has 0 bridgehead atoms. The van der Waals surface area contributed by atoms with Gasteiger partial charge in [-0.25, -0.2) is 5.43 Å². The van der Waals surface area contributed by atoms with Crippen molar-refractivity contribution in [3.05, 3.63) is 65.7 Å². The first-order valence-corrected chi connectivity index (χ1v) is 5.93. The Morgan fingerprint density at radius 1 is 1.05 bits per heavy atom. The maximum absolute atomic E-state index is 11.8. The van der Waals surface area contributed by atoms with E-state index in [1.165, 1.54) is 0 Å². The Bertz CT molecular complexity index is 606. The van der Waals surface area contributed by atoms with E-state index in [9.17, 15) is 4.79 Å². The number of para-hydroxylation sites is 1. The first kappa shape index (κ1) is 12.8. The molecule has 0 aromatic heterocycles. The van der Waals surface area contributed by atoms with E-state index in [-0.39, 0.29) is 5.91 Å². The number of benzene rings is 2. The van der Waals surface area contributed by atoms with E-state index in [1.54, 1.807) is 37.3 Å². The van der Waals surface area contributed by atoms with Crippen LogP contribution in [0.3, 0.4) is 0 Å². The quantitative estimate of drug-likeness (QED) is 0.501. The molecule has 2 aromatic rings. The molecule has 4 heteroatoms. The average Bonchev–Trinajstić information content (AvgIpc) is 2.46. The highest BCUT2D eigenvalue weighted by molar-refractivity contribution is 6.04. The van der Waals surface area contributed by atoms with E-state index in [0.29, 0.717) is 17.0 Å². The summed E-state index contributed by atoms with van der Waals surface area (Å²) in [7, 11) is 0. The lowest BCUT2D eigenvalue weighted by Gasteiger charge is -2.05. The van der Waals surface area contributed by atoms with Crippen molar-refractivity contribution < 1.29 is 4.79 Å². The molecular weight excluding hydrogens is 238 g/mol. The fourth-order valence-electron chi connectivity index (χ4n) is 1.68. The van der Waals surface area contributed by atoms with E-state index in [4.69, 9.17) is 5.73 Å². The predicted molar refractivity (Wildman–Crippen MR) is 77.0 cm³/mol. The van der Waals surface area contributed by atoms with Crippen molar-refractivity contribution in [1.29, 1.82) is 0 Å². The highest BCUT2D eigenvalue weighted by atomic mass is 16.2. The number of carbonyl (C=O) groups is 1. The van der Waals surface area contributed by atoms with Crippen molar-refractivity contribution in [3.8, 4) is 0 Å². The van der Waals surface area contributed by atoms with Crippen LogP contribution in [-0.4, -0.2) is 11.6 Å². The number of nitrogen functional groups attached to an aromatic ring is 1. The largest absolute Gasteiger partial charge is 0.398 e. The molecule has 1 amide bonds. The Morgan fingerprint density at radius 3 is 2.37 bits per heavy atom. The molecule has 0 heterocycles. The maximum Gasteiger partial charge on any atom is 0.271 e. The summed E-state index contributed by atoms with van der Waals surface area (Å²) in [5, 5.41) is 4.07. The lowest BCUT2D eigenvalue weighted by atomic mass is 10.1. The second kappa shape index (κ2) is 5.82. The number of hydrogen-bond donors (Lipinski definition) is 2. The number of hydrazone groups is 1. The smallest absolute Gasteiger partial charge is 0.271 e. The van der Waals surface area contributed by atoms with Crippen LogP contribution in [0.2, 0.25) is 0 Å². The van der Waals surface area contributed by atoms with Gasteiger partial charge in [0.1, 0.15) is 0 Å². The third-order valence-electron chi connectivity index (χ3n) is 2.71. The van der Waals surface area contributed by atoms with Crippen molar-refractivity contribution in [2.45, 2.75) is 6.92 Å². The third kappa shape index (κ3) is 3.19. The molecule has 96 valence electrons. The first-order chi connectivity index (χ1) is 9.18. The summed E-state index contributed by atoms with van der Waals surface area (Å²) < 4.78 is 0. The van der Waals surface area contributed by atoms with Crippen LogP contribution in [0, 0.1) is 0 Å². The molecule has 4 nitrogen and oxygen atoms in total. The van der Waals surface area contributed by atoms with Crippen LogP contribution in [0.15, 0.2) is 59.7 Å². The minimum Gasteiger partial charge on any atom is -0.398 e. The highest BCUT2D eigenvalue weighted by Gasteiger charge is 2.05. The van der Waals surface area contributed by atoms with Gasteiger partial charge in [0.2, 0.25) is 0 Å². The number of amides is 1. The van der Waals surface area contributed by atoms with Gasteiger partial charge < -0.3 is 5.73 Å². The van der Waals surface area contributed by atoms with Gasteiger partial charge in [-0.15, -0.1) is 0 Å². The van der Waals surface area contributed by atoms with Gasteiger partial charge in [-0.05, 0) is 25.1 Å². The van der Waals surface area contributed by atoms with E-state index >= 15 is 0 Å². The number of nitrogens with two attached hydrogens (primary N) is 1. The molecule has 0 saturated carbocycles. The van der Waals surface area contributed by atoms with E-state index < -0.39 is 0 Å². The van der Waals surface area contributed by atoms with Crippen molar-refractivity contribution in [2.75, 3.05) is 5.73 Å². The van der Waals surface area contributed by atoms with Crippen LogP contribution in [0.4, 0.5) is 5.69 Å². The zero-order valence-corrected chi connectivity index (χ0v) is 10.6. The van der Waals surface area contributed by atoms with Crippen LogP contribution in [0.5, 0.6) is 0 Å². The van der Waals surface area contributed by atoms with Crippen molar-refractivity contribution >= 4 is 17.3 Å². The SMILES string of the molecule is CC(=NNC(=O)c1ccccc1)c1ccccc1N. The fraction of sp³-hybridized carbons (Fsp3) is 0.0667. The Labute approximate surface area is 112 Å². The molecule has 19 heavy (non-hydrogen) atoms. The number of hydrogen-bond acceptors (Lipinski definition) is 3. The number of nitrogens with zero attached hydrogens (tertiary/aromatic N) is 1. The Hall–Kier alpha value is -2.62. The van der Waals surface area contributed by atoms with Crippen LogP contribution >= 0.6 is 0 Å². The van der Waals surface area contributed by atoms with Crippen LogP contribution in [0.25, 0.3) is 0 Å². The molecule has 0 saturated heterocycles. The molecule has 0 aliphatic rings. The minimum atomic E-state index is -0.241. The number of anilines is 1. The summed E-state index contributed by atoms with van der Waals surface area (Å²) in [6.07, 6.45) is 0. The minimum absolute atomic E-state index is 0.241. The maximum atomic E-state index is 11.8. The second-order valence-electron chi connectivity index (χ2n) is 4.09. The predicted octanol–water partition coefficient (Wildman–Crippen LogP) is 2.42. The monoisotopic (exact) mass is 253 g/mol. The van der Waals surface area contributed by atoms with Gasteiger partial charge in [-0.2, -0.15) is 5.10 Å². The zero-order chi connectivity index (χ0) is 13.7. The van der Waals surface area contributed by atoms with Crippen molar-refractivity contribution in [1.82, 2.24) is 5.43 Å². The molecule has 2 aromatic carbocycles. The lowest BCUT2D eigenvalue weighted by Crippen LogP contribution is -2.19. The summed E-state index contributed by atoms with van der Waals surface area (Å²) in [5.74, 6) is -0.241. The molecular formula is C15H15N3O. The van der Waals surface area contributed by atoms with Crippen LogP contribution in [-0.2, 0) is 0 Å². The molecule has 0 atom stereocenters. The number of nitrogens with one attached hydrogen (secondary N) is 1. The molecule has 0 fully saturated rings. The van der Waals surface area contributed by atoms with Crippen LogP contribution in [0.1, 0.15) is 22.8 Å². The van der Waals surface area contributed by atoms with Crippen LogP contribution < -0.4 is 11.2 Å². The summed E-state index contributed by atoms with van der Waals surface area (Å²) in [4.78, 5) is 11.8. The fourth-order valence-corrected chi connectivity index (χ4v) is 1.68. The molecule has 0 aliphatic carbocycles. The third-order valence-corrected chi connectivity index (χ3v) is 2.71. The highest BCUT2D eigenvalue weighted by Crippen LogP contribution is 2.11. The zero-order valence-electron chi connectivity index (χ0n) is 10.6.